The van der Waals surface area contributed by atoms with Gasteiger partial charge in [0, 0.05) is 37.6 Å². The van der Waals surface area contributed by atoms with Crippen molar-refractivity contribution in [2.24, 2.45) is 0 Å². The predicted molar refractivity (Wildman–Crippen MR) is 104 cm³/mol. The first-order valence-corrected chi connectivity index (χ1v) is 10.5. The molecule has 26 heavy (non-hydrogen) atoms. The van der Waals surface area contributed by atoms with Gasteiger partial charge in [-0.2, -0.15) is 0 Å². The van der Waals surface area contributed by atoms with Crippen LogP contribution in [0.25, 0.3) is 0 Å². The Bertz CT molecular complexity index is 895. The van der Waals surface area contributed by atoms with Crippen LogP contribution in [-0.4, -0.2) is 51.7 Å². The van der Waals surface area contributed by atoms with Crippen molar-refractivity contribution in [3.05, 3.63) is 59.1 Å². The number of piperazine rings is 1. The molecule has 2 aromatic carbocycles. The van der Waals surface area contributed by atoms with E-state index in [1.807, 2.05) is 18.2 Å². The smallest absolute Gasteiger partial charge is 0.255 e. The third-order valence-corrected chi connectivity index (χ3v) is 5.12. The van der Waals surface area contributed by atoms with Crippen LogP contribution in [0.3, 0.4) is 0 Å². The van der Waals surface area contributed by atoms with Gasteiger partial charge in [0.2, 0.25) is 10.0 Å². The molecule has 0 aliphatic carbocycles. The third kappa shape index (κ3) is 4.47. The molecule has 0 radical (unpaired) electrons. The van der Waals surface area contributed by atoms with Gasteiger partial charge in [-0.1, -0.05) is 29.8 Å². The summed E-state index contributed by atoms with van der Waals surface area (Å²) in [4.78, 5) is 16.8. The van der Waals surface area contributed by atoms with Crippen LogP contribution in [-0.2, 0) is 10.0 Å². The number of hydrogen-bond acceptors (Lipinski definition) is 4. The zero-order chi connectivity index (χ0) is 18.7. The first-order valence-electron chi connectivity index (χ1n) is 8.20. The maximum absolute atomic E-state index is 12.8. The second-order valence-electron chi connectivity index (χ2n) is 6.18. The van der Waals surface area contributed by atoms with Gasteiger partial charge in [0.1, 0.15) is 0 Å². The van der Waals surface area contributed by atoms with E-state index >= 15 is 0 Å². The summed E-state index contributed by atoms with van der Waals surface area (Å²) in [6.07, 6.45) is 1.06. The number of nitrogens with one attached hydrogen (secondary N) is 1. The lowest BCUT2D eigenvalue weighted by atomic mass is 10.1. The Hall–Kier alpha value is -2.25. The molecule has 0 saturated carbocycles. The van der Waals surface area contributed by atoms with E-state index in [1.54, 1.807) is 4.90 Å². The maximum Gasteiger partial charge on any atom is 0.255 e. The molecule has 1 aliphatic rings. The van der Waals surface area contributed by atoms with E-state index in [9.17, 15) is 13.2 Å². The molecule has 2 aromatic rings. The monoisotopic (exact) mass is 393 g/mol. The molecule has 1 saturated heterocycles. The van der Waals surface area contributed by atoms with E-state index in [1.165, 1.54) is 18.2 Å². The number of para-hydroxylation sites is 1. The average Bonchev–Trinajstić information content (AvgIpc) is 2.62. The lowest BCUT2D eigenvalue weighted by Crippen LogP contribution is -2.48. The first-order chi connectivity index (χ1) is 12.3. The number of amides is 1. The molecule has 1 aliphatic heterocycles. The van der Waals surface area contributed by atoms with Crippen LogP contribution in [0.5, 0.6) is 0 Å². The van der Waals surface area contributed by atoms with Gasteiger partial charge in [0.25, 0.3) is 5.91 Å². The van der Waals surface area contributed by atoms with Crippen LogP contribution in [0.1, 0.15) is 10.4 Å². The highest BCUT2D eigenvalue weighted by atomic mass is 35.5. The highest BCUT2D eigenvalue weighted by molar-refractivity contribution is 7.92. The number of carbonyl (C=O) groups is 1. The Morgan fingerprint density at radius 2 is 1.69 bits per heavy atom. The molecule has 1 N–H and O–H groups in total. The largest absolute Gasteiger partial charge is 0.368 e. The second-order valence-corrected chi connectivity index (χ2v) is 8.34. The lowest BCUT2D eigenvalue weighted by molar-refractivity contribution is 0.0747. The van der Waals surface area contributed by atoms with E-state index in [-0.39, 0.29) is 5.91 Å². The maximum atomic E-state index is 12.8. The fourth-order valence-electron chi connectivity index (χ4n) is 2.94. The minimum Gasteiger partial charge on any atom is -0.368 e. The van der Waals surface area contributed by atoms with E-state index in [0.717, 1.165) is 25.0 Å². The molecule has 3 rings (SSSR count). The zero-order valence-electron chi connectivity index (χ0n) is 14.4. The van der Waals surface area contributed by atoms with Crippen molar-refractivity contribution in [3.8, 4) is 0 Å². The fraction of sp³-hybridized carbons (Fsp3) is 0.278. The van der Waals surface area contributed by atoms with Crippen molar-refractivity contribution in [3.63, 3.8) is 0 Å². The highest BCUT2D eigenvalue weighted by Gasteiger charge is 2.24. The Labute approximate surface area is 158 Å². The molecule has 1 amide bonds. The summed E-state index contributed by atoms with van der Waals surface area (Å²) in [7, 11) is -3.42. The molecule has 0 atom stereocenters. The van der Waals surface area contributed by atoms with Crippen LogP contribution < -0.4 is 9.62 Å². The highest BCUT2D eigenvalue weighted by Crippen LogP contribution is 2.24. The molecule has 1 heterocycles. The van der Waals surface area contributed by atoms with Gasteiger partial charge >= 0.3 is 0 Å². The topological polar surface area (TPSA) is 69.7 Å². The summed E-state index contributed by atoms with van der Waals surface area (Å²) in [6.45, 7) is 2.62. The second kappa shape index (κ2) is 7.55. The van der Waals surface area contributed by atoms with E-state index in [4.69, 9.17) is 11.6 Å². The normalized spacial score (nSPS) is 15.0. The van der Waals surface area contributed by atoms with Crippen molar-refractivity contribution in [1.82, 2.24) is 4.90 Å². The third-order valence-electron chi connectivity index (χ3n) is 4.19. The van der Waals surface area contributed by atoms with Gasteiger partial charge in [0.05, 0.1) is 16.8 Å². The van der Waals surface area contributed by atoms with Crippen LogP contribution in [0, 0.1) is 0 Å². The van der Waals surface area contributed by atoms with Crippen LogP contribution >= 0.6 is 11.6 Å². The number of carbonyl (C=O) groups excluding carboxylic acids is 1. The number of rotatable bonds is 4. The van der Waals surface area contributed by atoms with Gasteiger partial charge in [-0.15, -0.1) is 0 Å². The first kappa shape index (κ1) is 18.5. The molecule has 8 heteroatoms. The number of anilines is 2. The molecule has 6 nitrogen and oxygen atoms in total. The summed E-state index contributed by atoms with van der Waals surface area (Å²) in [5.74, 6) is -0.195. The number of halogens is 1. The van der Waals surface area contributed by atoms with Crippen molar-refractivity contribution in [2.45, 2.75) is 0 Å². The summed E-state index contributed by atoms with van der Waals surface area (Å²) in [5, 5.41) is 0.305. The van der Waals surface area contributed by atoms with Crippen molar-refractivity contribution >= 4 is 38.9 Å². The minimum absolute atomic E-state index is 0.195. The Kier molecular flexibility index (Phi) is 5.38. The van der Waals surface area contributed by atoms with Gasteiger partial charge in [-0.3, -0.25) is 9.52 Å². The Morgan fingerprint density at radius 1 is 1.04 bits per heavy atom. The molecule has 0 bridgehead atoms. The molecular weight excluding hydrogens is 374 g/mol. The SMILES string of the molecule is CS(=O)(=O)Nc1ccc(Cl)c(C(=O)N2CCN(c3ccccc3)CC2)c1. The summed E-state index contributed by atoms with van der Waals surface area (Å²) < 4.78 is 25.2. The van der Waals surface area contributed by atoms with E-state index < -0.39 is 10.0 Å². The average molecular weight is 394 g/mol. The van der Waals surface area contributed by atoms with Crippen LogP contribution in [0.2, 0.25) is 5.02 Å². The van der Waals surface area contributed by atoms with E-state index in [0.29, 0.717) is 29.4 Å². The van der Waals surface area contributed by atoms with Gasteiger partial charge in [-0.25, -0.2) is 8.42 Å². The summed E-state index contributed by atoms with van der Waals surface area (Å²) in [6, 6.07) is 14.6. The molecule has 0 spiro atoms. The standard InChI is InChI=1S/C18H20ClN3O3S/c1-26(24,25)20-14-7-8-17(19)16(13-14)18(23)22-11-9-21(10-12-22)15-5-3-2-4-6-15/h2-8,13,20H,9-12H2,1H3. The zero-order valence-corrected chi connectivity index (χ0v) is 15.9. The molecule has 1 fully saturated rings. The molecule has 0 aromatic heterocycles. The molecular formula is C18H20ClN3O3S. The number of hydrogen-bond donors (Lipinski definition) is 1. The van der Waals surface area contributed by atoms with Gasteiger partial charge in [-0.05, 0) is 30.3 Å². The van der Waals surface area contributed by atoms with Crippen LogP contribution in [0.4, 0.5) is 11.4 Å². The Morgan fingerprint density at radius 3 is 2.31 bits per heavy atom. The molecule has 138 valence electrons. The lowest BCUT2D eigenvalue weighted by Gasteiger charge is -2.36. The summed E-state index contributed by atoms with van der Waals surface area (Å²) in [5.41, 5.74) is 1.76. The number of nitrogens with zero attached hydrogens (tertiary/aromatic N) is 2. The van der Waals surface area contributed by atoms with Crippen molar-refractivity contribution in [1.29, 1.82) is 0 Å². The fourth-order valence-corrected chi connectivity index (χ4v) is 3.70. The molecule has 0 unspecified atom stereocenters. The predicted octanol–water partition coefficient (Wildman–Crippen LogP) is 2.67. The number of benzene rings is 2. The van der Waals surface area contributed by atoms with E-state index in [2.05, 4.69) is 21.8 Å². The van der Waals surface area contributed by atoms with Gasteiger partial charge < -0.3 is 9.80 Å². The number of sulfonamides is 1. The minimum atomic E-state index is -3.42. The van der Waals surface area contributed by atoms with Crippen molar-refractivity contribution < 1.29 is 13.2 Å². The summed E-state index contributed by atoms with van der Waals surface area (Å²) >= 11 is 6.17. The van der Waals surface area contributed by atoms with Crippen molar-refractivity contribution in [2.75, 3.05) is 42.1 Å². The Balaban J connectivity index is 1.71. The quantitative estimate of drug-likeness (QED) is 0.867. The van der Waals surface area contributed by atoms with Crippen LogP contribution in [0.15, 0.2) is 48.5 Å². The van der Waals surface area contributed by atoms with Gasteiger partial charge in [0.15, 0.2) is 0 Å².